The van der Waals surface area contributed by atoms with E-state index in [1.807, 2.05) is 0 Å². The van der Waals surface area contributed by atoms with Crippen LogP contribution in [0.15, 0.2) is 72.9 Å². The van der Waals surface area contributed by atoms with Crippen LogP contribution in [0.25, 0.3) is 22.8 Å². The van der Waals surface area contributed by atoms with E-state index >= 15 is 0 Å². The minimum absolute atomic E-state index is 0.324. The largest absolute Gasteiger partial charge is 0.493 e. The van der Waals surface area contributed by atoms with E-state index in [9.17, 15) is 8.78 Å². The first-order valence-electron chi connectivity index (χ1n) is 12.1. The minimum atomic E-state index is -0.326. The molecule has 0 bridgehead atoms. The molecule has 0 radical (unpaired) electrons. The summed E-state index contributed by atoms with van der Waals surface area (Å²) < 4.78 is 39.8. The fourth-order valence-corrected chi connectivity index (χ4v) is 4.63. The van der Waals surface area contributed by atoms with Crippen LogP contribution in [0, 0.1) is 11.6 Å². The molecule has 0 atom stereocenters. The Morgan fingerprint density at radius 3 is 1.86 bits per heavy atom. The summed E-state index contributed by atoms with van der Waals surface area (Å²) in [5.41, 5.74) is 4.80. The zero-order valence-corrected chi connectivity index (χ0v) is 20.9. The van der Waals surface area contributed by atoms with Gasteiger partial charge in [-0.1, -0.05) is 6.58 Å². The normalized spacial score (nSPS) is 13.1. The standard InChI is InChI=1S/C29H28F2N4O2/c1-19(34-14-12-22-16-26(36-2)27(37-3)17-23(22)13-15-34)18-35-29(21-6-10-25(31)11-7-21)32-28(33-35)20-4-8-24(30)9-5-20/h4-11,16-17H,1,12-15,18H2,2-3H3. The van der Waals surface area contributed by atoms with E-state index < -0.39 is 0 Å². The number of allylic oxidation sites excluding steroid dienone is 1. The lowest BCUT2D eigenvalue weighted by molar-refractivity contribution is 0.339. The van der Waals surface area contributed by atoms with Gasteiger partial charge in [-0.05, 0) is 84.6 Å². The van der Waals surface area contributed by atoms with Crippen LogP contribution < -0.4 is 9.47 Å². The van der Waals surface area contributed by atoms with Crippen LogP contribution in [0.4, 0.5) is 8.78 Å². The highest BCUT2D eigenvalue weighted by Crippen LogP contribution is 2.33. The number of aromatic nitrogens is 3. The predicted octanol–water partition coefficient (Wildman–Crippen LogP) is 5.52. The van der Waals surface area contributed by atoms with E-state index in [1.54, 1.807) is 43.2 Å². The maximum Gasteiger partial charge on any atom is 0.181 e. The quantitative estimate of drug-likeness (QED) is 0.333. The van der Waals surface area contributed by atoms with Crippen molar-refractivity contribution in [1.29, 1.82) is 0 Å². The highest BCUT2D eigenvalue weighted by molar-refractivity contribution is 5.61. The molecule has 0 saturated carbocycles. The van der Waals surface area contributed by atoms with Gasteiger partial charge in [-0.25, -0.2) is 18.4 Å². The van der Waals surface area contributed by atoms with Gasteiger partial charge in [0.1, 0.15) is 11.6 Å². The first-order valence-corrected chi connectivity index (χ1v) is 12.1. The number of methoxy groups -OCH3 is 2. The van der Waals surface area contributed by atoms with E-state index in [2.05, 4.69) is 23.6 Å². The third-order valence-electron chi connectivity index (χ3n) is 6.66. The molecule has 0 unspecified atom stereocenters. The van der Waals surface area contributed by atoms with Crippen LogP contribution in [0.1, 0.15) is 11.1 Å². The molecule has 5 rings (SSSR count). The Bertz CT molecular complexity index is 1380. The van der Waals surface area contributed by atoms with Gasteiger partial charge in [-0.15, -0.1) is 0 Å². The number of fused-ring (bicyclic) bond motifs is 1. The Morgan fingerprint density at radius 1 is 0.838 bits per heavy atom. The number of hydrogen-bond acceptors (Lipinski definition) is 5. The lowest BCUT2D eigenvalue weighted by atomic mass is 10.0. The van der Waals surface area contributed by atoms with Gasteiger partial charge in [-0.2, -0.15) is 5.10 Å². The van der Waals surface area contributed by atoms with Crippen molar-refractivity contribution in [2.75, 3.05) is 27.3 Å². The maximum absolute atomic E-state index is 13.6. The molecule has 8 heteroatoms. The summed E-state index contributed by atoms with van der Waals surface area (Å²) >= 11 is 0. The Morgan fingerprint density at radius 2 is 1.35 bits per heavy atom. The van der Waals surface area contributed by atoms with Gasteiger partial charge in [0.05, 0.1) is 20.8 Å². The smallest absolute Gasteiger partial charge is 0.181 e. The van der Waals surface area contributed by atoms with Gasteiger partial charge in [0, 0.05) is 29.9 Å². The second kappa shape index (κ2) is 10.4. The number of ether oxygens (including phenoxy) is 2. The van der Waals surface area contributed by atoms with Crippen molar-refractivity contribution in [3.05, 3.63) is 95.7 Å². The fourth-order valence-electron chi connectivity index (χ4n) is 4.63. The second-order valence-corrected chi connectivity index (χ2v) is 8.96. The van der Waals surface area contributed by atoms with Crippen molar-refractivity contribution < 1.29 is 18.3 Å². The van der Waals surface area contributed by atoms with Gasteiger partial charge < -0.3 is 14.4 Å². The first kappa shape index (κ1) is 24.5. The number of hydrogen-bond donors (Lipinski definition) is 0. The van der Waals surface area contributed by atoms with Gasteiger partial charge in [0.15, 0.2) is 23.1 Å². The Kier molecular flexibility index (Phi) is 6.90. The number of halogens is 2. The fraction of sp³-hybridized carbons (Fsp3) is 0.241. The molecule has 1 aromatic heterocycles. The second-order valence-electron chi connectivity index (χ2n) is 8.96. The van der Waals surface area contributed by atoms with Crippen molar-refractivity contribution in [3.8, 4) is 34.3 Å². The number of nitrogens with zero attached hydrogens (tertiary/aromatic N) is 4. The highest BCUT2D eigenvalue weighted by atomic mass is 19.1. The number of rotatable bonds is 7. The molecular formula is C29H28F2N4O2. The van der Waals surface area contributed by atoms with Gasteiger partial charge in [-0.3, -0.25) is 0 Å². The zero-order valence-electron chi connectivity index (χ0n) is 20.9. The Hall–Kier alpha value is -4.20. The minimum Gasteiger partial charge on any atom is -0.493 e. The molecule has 1 aliphatic heterocycles. The van der Waals surface area contributed by atoms with E-state index in [-0.39, 0.29) is 11.6 Å². The molecule has 190 valence electrons. The van der Waals surface area contributed by atoms with Crippen molar-refractivity contribution in [1.82, 2.24) is 19.7 Å². The van der Waals surface area contributed by atoms with Crippen LogP contribution in [0.5, 0.6) is 11.5 Å². The van der Waals surface area contributed by atoms with Crippen LogP contribution >= 0.6 is 0 Å². The topological polar surface area (TPSA) is 52.4 Å². The van der Waals surface area contributed by atoms with Gasteiger partial charge in [0.2, 0.25) is 0 Å². The van der Waals surface area contributed by atoms with Gasteiger partial charge in [0.25, 0.3) is 0 Å². The first-order chi connectivity index (χ1) is 17.9. The molecule has 4 aromatic rings. The summed E-state index contributed by atoms with van der Waals surface area (Å²) in [6.07, 6.45) is 1.69. The lowest BCUT2D eigenvalue weighted by Crippen LogP contribution is -2.28. The Balaban J connectivity index is 1.40. The van der Waals surface area contributed by atoms with Gasteiger partial charge >= 0.3 is 0 Å². The molecule has 1 aliphatic rings. The predicted molar refractivity (Wildman–Crippen MR) is 138 cm³/mol. The van der Waals surface area contributed by atoms with Crippen LogP contribution in [0.2, 0.25) is 0 Å². The average Bonchev–Trinajstić information content (AvgIpc) is 3.20. The third-order valence-corrected chi connectivity index (χ3v) is 6.66. The van der Waals surface area contributed by atoms with Crippen molar-refractivity contribution in [2.24, 2.45) is 0 Å². The molecule has 0 amide bonds. The summed E-state index contributed by atoms with van der Waals surface area (Å²) in [4.78, 5) is 6.97. The molecule has 0 spiro atoms. The molecule has 3 aromatic carbocycles. The summed E-state index contributed by atoms with van der Waals surface area (Å²) in [7, 11) is 3.29. The summed E-state index contributed by atoms with van der Waals surface area (Å²) in [5.74, 6) is 1.87. The van der Waals surface area contributed by atoms with E-state index in [1.165, 1.54) is 35.4 Å². The molecule has 6 nitrogen and oxygen atoms in total. The maximum atomic E-state index is 13.6. The van der Waals surface area contributed by atoms with E-state index in [0.29, 0.717) is 23.8 Å². The van der Waals surface area contributed by atoms with Crippen molar-refractivity contribution in [3.63, 3.8) is 0 Å². The van der Waals surface area contributed by atoms with Crippen LogP contribution in [0.3, 0.4) is 0 Å². The highest BCUT2D eigenvalue weighted by Gasteiger charge is 2.20. The third kappa shape index (κ3) is 5.18. The lowest BCUT2D eigenvalue weighted by Gasteiger charge is -2.25. The summed E-state index contributed by atoms with van der Waals surface area (Å²) in [6.45, 7) is 6.37. The monoisotopic (exact) mass is 502 g/mol. The SMILES string of the molecule is C=C(Cn1nc(-c2ccc(F)cc2)nc1-c1ccc(F)cc1)N1CCc2cc(OC)c(OC)cc2CC1. The molecule has 0 N–H and O–H groups in total. The molecule has 0 fully saturated rings. The molecular weight excluding hydrogens is 474 g/mol. The van der Waals surface area contributed by atoms with Crippen LogP contribution in [-0.4, -0.2) is 47.0 Å². The van der Waals surface area contributed by atoms with Crippen molar-refractivity contribution >= 4 is 0 Å². The van der Waals surface area contributed by atoms with Crippen molar-refractivity contribution in [2.45, 2.75) is 19.4 Å². The summed E-state index contributed by atoms with van der Waals surface area (Å²) in [6, 6.07) is 16.3. The number of benzene rings is 3. The van der Waals surface area contributed by atoms with Crippen LogP contribution in [-0.2, 0) is 19.4 Å². The summed E-state index contributed by atoms with van der Waals surface area (Å²) in [5, 5.41) is 4.72. The molecule has 0 saturated heterocycles. The molecule has 2 heterocycles. The molecule has 37 heavy (non-hydrogen) atoms. The average molecular weight is 503 g/mol. The zero-order chi connectivity index (χ0) is 25.9. The van der Waals surface area contributed by atoms with E-state index in [4.69, 9.17) is 19.6 Å². The van der Waals surface area contributed by atoms with E-state index in [0.717, 1.165) is 48.7 Å². The molecule has 0 aliphatic carbocycles. The Labute approximate surface area is 214 Å².